The second kappa shape index (κ2) is 5.45. The van der Waals surface area contributed by atoms with Crippen molar-refractivity contribution >= 4 is 56.5 Å². The standard InChI is InChI=1S/C23H15NP2/c1-4-10-20-16(7-1)17-8-2-5-11-21(17)25(20)26-22-12-6-3-9-18(22)19-13-14-24-15-23(19)26/h1-15H. The zero-order valence-corrected chi connectivity index (χ0v) is 15.8. The molecule has 0 fully saturated rings. The zero-order chi connectivity index (χ0) is 17.1. The fraction of sp³-hybridized carbons (Fsp3) is 0. The van der Waals surface area contributed by atoms with Crippen LogP contribution in [0.5, 0.6) is 0 Å². The second-order valence-corrected chi connectivity index (χ2v) is 12.1. The Kier molecular flexibility index (Phi) is 3.05. The number of hydrogen-bond donors (Lipinski definition) is 0. The van der Waals surface area contributed by atoms with Crippen LogP contribution in [0.25, 0.3) is 42.0 Å². The van der Waals surface area contributed by atoms with E-state index in [0.717, 1.165) is 0 Å². The van der Waals surface area contributed by atoms with Gasteiger partial charge in [0.2, 0.25) is 0 Å². The Morgan fingerprint density at radius 1 is 0.462 bits per heavy atom. The SMILES string of the molecule is c1ccc2c(c1)c1ccccc1p2-p1c2ccccc2c2ccncc21. The van der Waals surface area contributed by atoms with Crippen LogP contribution in [0, 0.1) is 0 Å². The Balaban J connectivity index is 1.93. The van der Waals surface area contributed by atoms with E-state index in [-0.39, 0.29) is 0 Å². The van der Waals surface area contributed by atoms with E-state index in [4.69, 9.17) is 0 Å². The van der Waals surface area contributed by atoms with E-state index < -0.39 is 14.4 Å². The molecular formula is C23H15NP2. The molecule has 3 heteroatoms. The van der Waals surface area contributed by atoms with Crippen molar-refractivity contribution in [3.63, 3.8) is 0 Å². The van der Waals surface area contributed by atoms with Gasteiger partial charge >= 0.3 is 0 Å². The van der Waals surface area contributed by atoms with Crippen LogP contribution in [-0.2, 0) is 0 Å². The summed E-state index contributed by atoms with van der Waals surface area (Å²) in [6.07, 6.45) is 4.05. The fourth-order valence-electron chi connectivity index (χ4n) is 4.13. The van der Waals surface area contributed by atoms with Crippen molar-refractivity contribution in [2.75, 3.05) is 0 Å². The van der Waals surface area contributed by atoms with Crippen molar-refractivity contribution in [2.45, 2.75) is 0 Å². The molecule has 3 aromatic carbocycles. The van der Waals surface area contributed by atoms with Gasteiger partial charge in [-0.05, 0) is 45.8 Å². The maximum Gasteiger partial charge on any atom is 0.0392 e. The lowest BCUT2D eigenvalue weighted by Gasteiger charge is -2.05. The topological polar surface area (TPSA) is 12.9 Å². The van der Waals surface area contributed by atoms with Crippen molar-refractivity contribution in [3.05, 3.63) is 91.3 Å². The van der Waals surface area contributed by atoms with E-state index in [9.17, 15) is 0 Å². The first kappa shape index (κ1) is 14.6. The van der Waals surface area contributed by atoms with Gasteiger partial charge in [-0.1, -0.05) is 69.0 Å². The highest BCUT2D eigenvalue weighted by atomic mass is 32.0. The van der Waals surface area contributed by atoms with Crippen molar-refractivity contribution < 1.29 is 0 Å². The molecule has 0 saturated carbocycles. The third kappa shape index (κ3) is 1.85. The van der Waals surface area contributed by atoms with E-state index in [1.165, 1.54) is 42.0 Å². The van der Waals surface area contributed by atoms with Crippen molar-refractivity contribution in [1.82, 2.24) is 4.98 Å². The summed E-state index contributed by atoms with van der Waals surface area (Å²) in [5.41, 5.74) is 0. The molecule has 0 bridgehead atoms. The van der Waals surface area contributed by atoms with Gasteiger partial charge in [0.05, 0.1) is 0 Å². The molecule has 1 unspecified atom stereocenters. The van der Waals surface area contributed by atoms with Gasteiger partial charge in [0.15, 0.2) is 0 Å². The van der Waals surface area contributed by atoms with Crippen LogP contribution in [0.2, 0.25) is 0 Å². The lowest BCUT2D eigenvalue weighted by Crippen LogP contribution is -1.67. The number of rotatable bonds is 1. The summed E-state index contributed by atoms with van der Waals surface area (Å²) in [6, 6.07) is 29.2. The molecule has 0 N–H and O–H groups in total. The van der Waals surface area contributed by atoms with Crippen LogP contribution in [0.4, 0.5) is 0 Å². The van der Waals surface area contributed by atoms with Crippen molar-refractivity contribution in [2.24, 2.45) is 0 Å². The maximum atomic E-state index is 4.50. The summed E-state index contributed by atoms with van der Waals surface area (Å²) >= 11 is 0. The van der Waals surface area contributed by atoms with Crippen LogP contribution in [0.1, 0.15) is 0 Å². The summed E-state index contributed by atoms with van der Waals surface area (Å²) in [5.74, 6) is 0. The molecule has 0 aliphatic heterocycles. The van der Waals surface area contributed by atoms with Crippen LogP contribution < -0.4 is 0 Å². The van der Waals surface area contributed by atoms with Gasteiger partial charge in [0.1, 0.15) is 0 Å². The van der Waals surface area contributed by atoms with Gasteiger partial charge in [0.25, 0.3) is 0 Å². The van der Waals surface area contributed by atoms with Crippen LogP contribution in [0.3, 0.4) is 0 Å². The number of pyridine rings is 1. The predicted molar refractivity (Wildman–Crippen MR) is 117 cm³/mol. The molecule has 6 rings (SSSR count). The molecule has 122 valence electrons. The normalized spacial score (nSPS) is 12.5. The molecule has 0 spiro atoms. The zero-order valence-electron chi connectivity index (χ0n) is 14.0. The average molecular weight is 367 g/mol. The number of benzene rings is 3. The monoisotopic (exact) mass is 367 g/mol. The molecule has 1 atom stereocenters. The van der Waals surface area contributed by atoms with Gasteiger partial charge in [-0.15, -0.1) is 0 Å². The summed E-state index contributed by atoms with van der Waals surface area (Å²) in [6.45, 7) is 0. The van der Waals surface area contributed by atoms with Gasteiger partial charge in [-0.25, -0.2) is 0 Å². The Bertz CT molecular complexity index is 1220. The van der Waals surface area contributed by atoms with E-state index in [0.29, 0.717) is 0 Å². The van der Waals surface area contributed by atoms with Crippen LogP contribution in [0.15, 0.2) is 91.3 Å². The summed E-state index contributed by atoms with van der Waals surface area (Å²) < 4.78 is 0. The van der Waals surface area contributed by atoms with E-state index in [1.807, 2.05) is 6.20 Å². The summed E-state index contributed by atoms with van der Waals surface area (Å²) in [7, 11) is -0.875. The smallest absolute Gasteiger partial charge is 0.0392 e. The Morgan fingerprint density at radius 3 is 1.42 bits per heavy atom. The lowest BCUT2D eigenvalue weighted by atomic mass is 10.2. The molecular weight excluding hydrogens is 352 g/mol. The fourth-order valence-corrected chi connectivity index (χ4v) is 12.7. The number of hydrogen-bond acceptors (Lipinski definition) is 1. The minimum absolute atomic E-state index is 0.426. The van der Waals surface area contributed by atoms with Crippen LogP contribution in [-0.4, -0.2) is 4.98 Å². The van der Waals surface area contributed by atoms with E-state index in [2.05, 4.69) is 90.0 Å². The highest BCUT2D eigenvalue weighted by Gasteiger charge is 2.18. The molecule has 3 aromatic heterocycles. The highest BCUT2D eigenvalue weighted by Crippen LogP contribution is 2.71. The largest absolute Gasteiger partial charge is 0.264 e. The first-order valence-corrected chi connectivity index (χ1v) is 12.1. The molecule has 3 heterocycles. The van der Waals surface area contributed by atoms with Crippen molar-refractivity contribution in [3.8, 4) is 0 Å². The van der Waals surface area contributed by atoms with Gasteiger partial charge in [0, 0.05) is 32.9 Å². The number of aromatic nitrogens is 1. The first-order valence-electron chi connectivity index (χ1n) is 8.75. The van der Waals surface area contributed by atoms with E-state index in [1.54, 1.807) is 0 Å². The Morgan fingerprint density at radius 2 is 0.885 bits per heavy atom. The van der Waals surface area contributed by atoms with Crippen molar-refractivity contribution in [1.29, 1.82) is 0 Å². The molecule has 26 heavy (non-hydrogen) atoms. The lowest BCUT2D eigenvalue weighted by molar-refractivity contribution is 1.37. The minimum Gasteiger partial charge on any atom is -0.264 e. The molecule has 0 amide bonds. The molecule has 1 nitrogen and oxygen atoms in total. The number of fused-ring (bicyclic) bond motifs is 6. The Labute approximate surface area is 152 Å². The molecule has 0 saturated heterocycles. The first-order chi connectivity index (χ1) is 12.9. The molecule has 0 radical (unpaired) electrons. The molecule has 0 aliphatic rings. The van der Waals surface area contributed by atoms with Gasteiger partial charge in [-0.3, -0.25) is 4.98 Å². The molecule has 6 aromatic rings. The van der Waals surface area contributed by atoms with E-state index >= 15 is 0 Å². The summed E-state index contributed by atoms with van der Waals surface area (Å²) in [4.78, 5) is 4.50. The third-order valence-electron chi connectivity index (χ3n) is 5.21. The average Bonchev–Trinajstić information content (AvgIpc) is 3.21. The minimum atomic E-state index is -0.449. The summed E-state index contributed by atoms with van der Waals surface area (Å²) in [5, 5.41) is 11.6. The molecule has 0 aliphatic carbocycles. The second-order valence-electron chi connectivity index (χ2n) is 6.57. The Hall–Kier alpha value is -2.59. The van der Waals surface area contributed by atoms with Gasteiger partial charge in [-0.2, -0.15) is 0 Å². The third-order valence-corrected chi connectivity index (χ3v) is 12.7. The number of nitrogens with zero attached hydrogens (tertiary/aromatic N) is 1. The predicted octanol–water partition coefficient (Wildman–Crippen LogP) is 7.98. The quantitative estimate of drug-likeness (QED) is 0.287. The van der Waals surface area contributed by atoms with Crippen LogP contribution >= 0.6 is 14.4 Å². The highest BCUT2D eigenvalue weighted by molar-refractivity contribution is 8.29. The van der Waals surface area contributed by atoms with Gasteiger partial charge < -0.3 is 0 Å². The maximum absolute atomic E-state index is 4.50.